The number of esters is 2. The van der Waals surface area contributed by atoms with E-state index >= 15 is 0 Å². The first-order valence-electron chi connectivity index (χ1n) is 11.0. The molecule has 0 saturated carbocycles. The van der Waals surface area contributed by atoms with E-state index in [1.807, 2.05) is 48.6 Å². The highest BCUT2D eigenvalue weighted by Crippen LogP contribution is 2.24. The van der Waals surface area contributed by atoms with Gasteiger partial charge in [-0.1, -0.05) is 0 Å². The van der Waals surface area contributed by atoms with Crippen LogP contribution in [0.2, 0.25) is 0 Å². The van der Waals surface area contributed by atoms with Crippen LogP contribution in [0.5, 0.6) is 0 Å². The van der Waals surface area contributed by atoms with E-state index in [-0.39, 0.29) is 13.2 Å². The number of rotatable bonds is 4. The number of ether oxygens (including phenoxy) is 2. The summed E-state index contributed by atoms with van der Waals surface area (Å²) in [6.07, 6.45) is 7.17. The molecule has 8 heteroatoms. The summed E-state index contributed by atoms with van der Waals surface area (Å²) in [5.74, 6) is -0.905. The lowest BCUT2D eigenvalue weighted by Gasteiger charge is -2.03. The number of aromatic amines is 2. The number of H-pyrrole nitrogens is 2. The molecule has 0 atom stereocenters. The summed E-state index contributed by atoms with van der Waals surface area (Å²) in [6.45, 7) is 4.05. The van der Waals surface area contributed by atoms with Crippen molar-refractivity contribution < 1.29 is 19.1 Å². The van der Waals surface area contributed by atoms with Crippen molar-refractivity contribution in [3.63, 3.8) is 0 Å². The third-order valence-corrected chi connectivity index (χ3v) is 5.36. The molecule has 0 amide bonds. The molecule has 3 aromatic heterocycles. The molecule has 8 bridgehead atoms. The molecule has 0 radical (unpaired) electrons. The summed E-state index contributed by atoms with van der Waals surface area (Å²) in [4.78, 5) is 41.4. The molecule has 0 spiro atoms. The molecule has 8 nitrogen and oxygen atoms in total. The maximum atomic E-state index is 12.8. The van der Waals surface area contributed by atoms with Crippen molar-refractivity contribution in [1.29, 1.82) is 0 Å². The SMILES string of the molecule is CCOC(=O)c1c2nc(cc3ccc([nH]3)c(C(=O)OCC)c3ccc(cc4nc1C=C4)[nH]3)C=C2. The van der Waals surface area contributed by atoms with Gasteiger partial charge in [0.1, 0.15) is 11.1 Å². The normalized spacial score (nSPS) is 12.1. The van der Waals surface area contributed by atoms with E-state index in [9.17, 15) is 9.59 Å². The van der Waals surface area contributed by atoms with Gasteiger partial charge in [0.2, 0.25) is 0 Å². The largest absolute Gasteiger partial charge is 0.462 e. The highest BCUT2D eigenvalue weighted by molar-refractivity contribution is 6.04. The maximum Gasteiger partial charge on any atom is 0.342 e. The van der Waals surface area contributed by atoms with E-state index in [0.29, 0.717) is 44.9 Å². The van der Waals surface area contributed by atoms with Crippen molar-refractivity contribution >= 4 is 58.3 Å². The fourth-order valence-electron chi connectivity index (χ4n) is 3.91. The Morgan fingerprint density at radius 2 is 1.18 bits per heavy atom. The van der Waals surface area contributed by atoms with Gasteiger partial charge in [0.15, 0.2) is 0 Å². The summed E-state index contributed by atoms with van der Waals surface area (Å²) < 4.78 is 10.6. The van der Waals surface area contributed by atoms with E-state index < -0.39 is 11.9 Å². The van der Waals surface area contributed by atoms with Crippen molar-refractivity contribution in [2.75, 3.05) is 13.2 Å². The monoisotopic (exact) mass is 454 g/mol. The van der Waals surface area contributed by atoms with Gasteiger partial charge in [-0.2, -0.15) is 0 Å². The van der Waals surface area contributed by atoms with Crippen LogP contribution < -0.4 is 0 Å². The van der Waals surface area contributed by atoms with Gasteiger partial charge in [-0.05, 0) is 74.5 Å². The molecule has 2 aliphatic rings. The molecule has 34 heavy (non-hydrogen) atoms. The molecule has 0 aromatic carbocycles. The summed E-state index contributed by atoms with van der Waals surface area (Å²) in [5, 5.41) is 0. The molecule has 170 valence electrons. The predicted octanol–water partition coefficient (Wildman–Crippen LogP) is 5.01. The second kappa shape index (κ2) is 8.82. The van der Waals surface area contributed by atoms with Crippen LogP contribution in [0.1, 0.15) is 57.3 Å². The average Bonchev–Trinajstić information content (AvgIpc) is 3.60. The zero-order valence-corrected chi connectivity index (χ0v) is 18.7. The number of carbonyl (C=O) groups is 2. The lowest BCUT2D eigenvalue weighted by atomic mass is 10.1. The van der Waals surface area contributed by atoms with Crippen LogP contribution in [0.25, 0.3) is 46.4 Å². The quantitative estimate of drug-likeness (QED) is 0.370. The molecule has 3 aromatic rings. The summed E-state index contributed by atoms with van der Waals surface area (Å²) >= 11 is 0. The smallest absolute Gasteiger partial charge is 0.342 e. The van der Waals surface area contributed by atoms with Crippen molar-refractivity contribution in [2.24, 2.45) is 0 Å². The van der Waals surface area contributed by atoms with Gasteiger partial charge in [-0.15, -0.1) is 0 Å². The molecule has 0 aliphatic carbocycles. The average molecular weight is 454 g/mol. The van der Waals surface area contributed by atoms with E-state index in [1.54, 1.807) is 26.0 Å². The first-order valence-corrected chi connectivity index (χ1v) is 11.0. The van der Waals surface area contributed by atoms with Gasteiger partial charge in [-0.3, -0.25) is 0 Å². The first kappa shape index (κ1) is 21.4. The second-order valence-electron chi connectivity index (χ2n) is 7.64. The molecular weight excluding hydrogens is 432 g/mol. The van der Waals surface area contributed by atoms with Crippen LogP contribution in [0.3, 0.4) is 0 Å². The minimum absolute atomic E-state index is 0.248. The standard InChI is InChI=1S/C26H22N4O4/c1-3-33-25(31)23-19-9-5-15(27-19)13-17-7-11-21(29-17)24(26(32)34-4-2)22-12-8-18(30-22)14-16-6-10-20(23)28-16/h5-14,27-28H,3-4H2,1-2H3. The Bertz CT molecular complexity index is 1430. The Hall–Kier alpha value is -4.46. The van der Waals surface area contributed by atoms with Gasteiger partial charge < -0.3 is 19.4 Å². The molecule has 5 rings (SSSR count). The number of nitrogens with one attached hydrogen (secondary N) is 2. The highest BCUT2D eigenvalue weighted by Gasteiger charge is 2.20. The van der Waals surface area contributed by atoms with Crippen molar-refractivity contribution in [3.05, 3.63) is 70.3 Å². The van der Waals surface area contributed by atoms with Crippen LogP contribution in [-0.4, -0.2) is 45.1 Å². The fraction of sp³-hybridized carbons (Fsp3) is 0.154. The lowest BCUT2D eigenvalue weighted by Crippen LogP contribution is -2.09. The molecule has 0 unspecified atom stereocenters. The number of aromatic nitrogens is 4. The van der Waals surface area contributed by atoms with Crippen molar-refractivity contribution in [3.8, 4) is 0 Å². The van der Waals surface area contributed by atoms with Gasteiger partial charge in [0.05, 0.1) is 47.0 Å². The zero-order valence-electron chi connectivity index (χ0n) is 18.7. The second-order valence-corrected chi connectivity index (χ2v) is 7.64. The van der Waals surface area contributed by atoms with Crippen LogP contribution >= 0.6 is 0 Å². The zero-order chi connectivity index (χ0) is 23.7. The first-order chi connectivity index (χ1) is 16.6. The summed E-state index contributed by atoms with van der Waals surface area (Å²) in [7, 11) is 0. The number of hydrogen-bond acceptors (Lipinski definition) is 6. The van der Waals surface area contributed by atoms with Crippen LogP contribution in [-0.2, 0) is 9.47 Å². The van der Waals surface area contributed by atoms with Gasteiger partial charge in [0, 0.05) is 11.0 Å². The van der Waals surface area contributed by atoms with E-state index in [2.05, 4.69) is 19.9 Å². The van der Waals surface area contributed by atoms with Crippen LogP contribution in [0.15, 0.2) is 36.4 Å². The Morgan fingerprint density at radius 3 is 1.65 bits per heavy atom. The third kappa shape index (κ3) is 4.01. The van der Waals surface area contributed by atoms with E-state index in [1.165, 1.54) is 0 Å². The van der Waals surface area contributed by atoms with Crippen molar-refractivity contribution in [1.82, 2.24) is 19.9 Å². The number of carbonyl (C=O) groups excluding carboxylic acids is 2. The minimum atomic E-state index is -0.476. The van der Waals surface area contributed by atoms with E-state index in [4.69, 9.17) is 9.47 Å². The van der Waals surface area contributed by atoms with E-state index in [0.717, 1.165) is 11.0 Å². The molecule has 5 heterocycles. The third-order valence-electron chi connectivity index (χ3n) is 5.36. The minimum Gasteiger partial charge on any atom is -0.462 e. The fourth-order valence-corrected chi connectivity index (χ4v) is 3.91. The van der Waals surface area contributed by atoms with Gasteiger partial charge >= 0.3 is 11.9 Å². The Balaban J connectivity index is 1.85. The summed E-state index contributed by atoms with van der Waals surface area (Å²) in [6, 6.07) is 11.0. The molecular formula is C26H22N4O4. The van der Waals surface area contributed by atoms with Crippen LogP contribution in [0.4, 0.5) is 0 Å². The summed E-state index contributed by atoms with van der Waals surface area (Å²) in [5.41, 5.74) is 5.70. The van der Waals surface area contributed by atoms with Crippen molar-refractivity contribution in [2.45, 2.75) is 13.8 Å². The van der Waals surface area contributed by atoms with Crippen LogP contribution in [0, 0.1) is 0 Å². The lowest BCUT2D eigenvalue weighted by molar-refractivity contribution is 0.0517. The molecule has 2 aliphatic heterocycles. The Labute approximate surface area is 195 Å². The highest BCUT2D eigenvalue weighted by atomic mass is 16.5. The van der Waals surface area contributed by atoms with Gasteiger partial charge in [0.25, 0.3) is 0 Å². The molecule has 2 N–H and O–H groups in total. The Kier molecular flexibility index (Phi) is 5.55. The molecule has 0 fully saturated rings. The topological polar surface area (TPSA) is 110 Å². The number of nitrogens with zero attached hydrogens (tertiary/aromatic N) is 2. The number of fused-ring (bicyclic) bond motifs is 8. The molecule has 0 saturated heterocycles. The number of hydrogen-bond donors (Lipinski definition) is 2. The Morgan fingerprint density at radius 1 is 0.706 bits per heavy atom. The van der Waals surface area contributed by atoms with Gasteiger partial charge in [-0.25, -0.2) is 19.6 Å². The maximum absolute atomic E-state index is 12.8. The predicted molar refractivity (Wildman–Crippen MR) is 131 cm³/mol.